The molecule has 2 N–H and O–H groups in total. The summed E-state index contributed by atoms with van der Waals surface area (Å²) in [7, 11) is 1.44. The van der Waals surface area contributed by atoms with Crippen molar-refractivity contribution in [1.29, 1.82) is 0 Å². The zero-order valence-corrected chi connectivity index (χ0v) is 24.1. The molecule has 0 bridgehead atoms. The molecule has 3 aromatic carbocycles. The molecule has 0 radical (unpaired) electrons. The van der Waals surface area contributed by atoms with Crippen molar-refractivity contribution in [3.05, 3.63) is 81.9 Å². The van der Waals surface area contributed by atoms with Crippen LogP contribution >= 0.6 is 0 Å². The maximum absolute atomic E-state index is 12.8. The number of benzene rings is 3. The van der Waals surface area contributed by atoms with Crippen LogP contribution in [0, 0.1) is 6.92 Å². The van der Waals surface area contributed by atoms with Gasteiger partial charge in [0.2, 0.25) is 0 Å². The summed E-state index contributed by atoms with van der Waals surface area (Å²) in [5.74, 6) is -0.323. The van der Waals surface area contributed by atoms with E-state index >= 15 is 0 Å². The van der Waals surface area contributed by atoms with Gasteiger partial charge in [-0.2, -0.15) is 0 Å². The van der Waals surface area contributed by atoms with Crippen LogP contribution in [-0.4, -0.2) is 45.3 Å². The second-order valence-corrected chi connectivity index (χ2v) is 11.4. The van der Waals surface area contributed by atoms with E-state index in [0.29, 0.717) is 23.3 Å². The standard InChI is InChI=1S/C33H31N3O6/c1-17-14-20-15-19(23-16-35-32(40-5)36-30(23)37)6-7-21(20)27(25(17)29(31(38)39)42-33(2,3)4)22-8-9-24-26-18(11-13-41-24)10-12-34-28(22)26/h6-10,12,14-16,29H,11,13H2,1-5H3,(H,38,39)(H,35,36,37)/t29-/m0/s1. The fraction of sp³-hybridized carbons (Fsp3) is 0.273. The van der Waals surface area contributed by atoms with Crippen molar-refractivity contribution in [2.75, 3.05) is 13.7 Å². The number of methoxy groups -OCH3 is 1. The van der Waals surface area contributed by atoms with Gasteiger partial charge in [-0.3, -0.25) is 14.8 Å². The van der Waals surface area contributed by atoms with Gasteiger partial charge in [0.05, 0.1) is 30.4 Å². The third-order valence-electron chi connectivity index (χ3n) is 7.46. The number of rotatable bonds is 6. The largest absolute Gasteiger partial charge is 0.493 e. The molecule has 0 unspecified atom stereocenters. The van der Waals surface area contributed by atoms with Gasteiger partial charge < -0.3 is 19.3 Å². The number of pyridine rings is 1. The highest BCUT2D eigenvalue weighted by molar-refractivity contribution is 6.09. The van der Waals surface area contributed by atoms with E-state index in [1.165, 1.54) is 13.3 Å². The van der Waals surface area contributed by atoms with Crippen molar-refractivity contribution in [3.63, 3.8) is 0 Å². The second kappa shape index (κ2) is 10.3. The average Bonchev–Trinajstić information content (AvgIpc) is 2.95. The van der Waals surface area contributed by atoms with Crippen molar-refractivity contribution in [1.82, 2.24) is 15.0 Å². The number of nitrogens with one attached hydrogen (secondary N) is 1. The summed E-state index contributed by atoms with van der Waals surface area (Å²) in [5.41, 5.74) is 4.68. The SMILES string of the molecule is COc1ncc(-c2ccc3c(-c4ccc5c6c(ccnc46)CCO5)c([C@H](OC(C)(C)C)C(=O)O)c(C)cc3c2)c(=O)[nH]1. The van der Waals surface area contributed by atoms with Gasteiger partial charge in [-0.1, -0.05) is 18.2 Å². The first-order chi connectivity index (χ1) is 20.1. The number of fused-ring (bicyclic) bond motifs is 1. The van der Waals surface area contributed by atoms with E-state index in [1.54, 1.807) is 6.20 Å². The Bertz CT molecular complexity index is 1930. The van der Waals surface area contributed by atoms with Crippen LogP contribution in [0.15, 0.2) is 59.7 Å². The molecule has 0 fully saturated rings. The van der Waals surface area contributed by atoms with Crippen LogP contribution in [0.1, 0.15) is 43.6 Å². The number of hydrogen-bond donors (Lipinski definition) is 2. The molecular weight excluding hydrogens is 534 g/mol. The lowest BCUT2D eigenvalue weighted by Gasteiger charge is -2.29. The van der Waals surface area contributed by atoms with Crippen LogP contribution in [0.25, 0.3) is 43.9 Å². The first kappa shape index (κ1) is 27.4. The highest BCUT2D eigenvalue weighted by Gasteiger charge is 2.32. The van der Waals surface area contributed by atoms with Gasteiger partial charge in [-0.25, -0.2) is 9.78 Å². The minimum absolute atomic E-state index is 0.130. The molecule has 1 atom stereocenters. The summed E-state index contributed by atoms with van der Waals surface area (Å²) in [6, 6.07) is 13.6. The Morgan fingerprint density at radius 1 is 1.10 bits per heavy atom. The average molecular weight is 566 g/mol. The number of carboxylic acid groups (broad SMARTS) is 1. The van der Waals surface area contributed by atoms with Crippen LogP contribution in [0.3, 0.4) is 0 Å². The maximum atomic E-state index is 12.8. The number of hydrogen-bond acceptors (Lipinski definition) is 7. The van der Waals surface area contributed by atoms with Crippen molar-refractivity contribution < 1.29 is 24.1 Å². The van der Waals surface area contributed by atoms with Crippen LogP contribution in [0.2, 0.25) is 0 Å². The first-order valence-electron chi connectivity index (χ1n) is 13.7. The molecule has 1 aliphatic rings. The topological polar surface area (TPSA) is 124 Å². The summed E-state index contributed by atoms with van der Waals surface area (Å²) < 4.78 is 17.2. The molecule has 0 saturated carbocycles. The normalized spacial score (nSPS) is 13.6. The lowest BCUT2D eigenvalue weighted by molar-refractivity contribution is -0.160. The van der Waals surface area contributed by atoms with Gasteiger partial charge in [0.1, 0.15) is 5.75 Å². The predicted octanol–water partition coefficient (Wildman–Crippen LogP) is 6.00. The quantitative estimate of drug-likeness (QED) is 0.257. The van der Waals surface area contributed by atoms with Gasteiger partial charge in [-0.15, -0.1) is 0 Å². The van der Waals surface area contributed by atoms with E-state index in [-0.39, 0.29) is 11.6 Å². The van der Waals surface area contributed by atoms with Gasteiger partial charge in [0, 0.05) is 35.3 Å². The van der Waals surface area contributed by atoms with E-state index in [4.69, 9.17) is 19.2 Å². The number of H-pyrrole nitrogens is 1. The molecule has 0 amide bonds. The molecule has 1 aliphatic heterocycles. The number of carbonyl (C=O) groups is 1. The summed E-state index contributed by atoms with van der Waals surface area (Å²) in [6.07, 6.45) is 2.79. The Morgan fingerprint density at radius 3 is 2.62 bits per heavy atom. The lowest BCUT2D eigenvalue weighted by Crippen LogP contribution is -2.28. The second-order valence-electron chi connectivity index (χ2n) is 11.4. The molecule has 214 valence electrons. The molecule has 9 heteroatoms. The molecule has 9 nitrogen and oxygen atoms in total. The Balaban J connectivity index is 1.68. The Morgan fingerprint density at radius 2 is 1.90 bits per heavy atom. The third-order valence-corrected chi connectivity index (χ3v) is 7.46. The van der Waals surface area contributed by atoms with E-state index in [1.807, 2.05) is 70.2 Å². The van der Waals surface area contributed by atoms with Crippen molar-refractivity contribution in [3.8, 4) is 34.0 Å². The Kier molecular flexibility index (Phi) is 6.69. The minimum atomic E-state index is -1.24. The first-order valence-corrected chi connectivity index (χ1v) is 13.7. The van der Waals surface area contributed by atoms with Crippen molar-refractivity contribution in [2.24, 2.45) is 0 Å². The third kappa shape index (κ3) is 4.75. The van der Waals surface area contributed by atoms with Gasteiger partial charge in [0.15, 0.2) is 6.10 Å². The van der Waals surface area contributed by atoms with Crippen LogP contribution in [-0.2, 0) is 16.0 Å². The van der Waals surface area contributed by atoms with E-state index in [0.717, 1.165) is 56.1 Å². The summed E-state index contributed by atoms with van der Waals surface area (Å²) in [6.45, 7) is 8.00. The number of aromatic nitrogens is 3. The zero-order chi connectivity index (χ0) is 29.8. The summed E-state index contributed by atoms with van der Waals surface area (Å²) >= 11 is 0. The minimum Gasteiger partial charge on any atom is -0.493 e. The fourth-order valence-corrected chi connectivity index (χ4v) is 5.74. The number of aliphatic carboxylic acids is 1. The van der Waals surface area contributed by atoms with Crippen LogP contribution in [0.5, 0.6) is 11.8 Å². The summed E-state index contributed by atoms with van der Waals surface area (Å²) in [5, 5.41) is 13.0. The molecule has 0 saturated heterocycles. The lowest BCUT2D eigenvalue weighted by atomic mass is 9.85. The Labute approximate surface area is 242 Å². The van der Waals surface area contributed by atoms with E-state index in [2.05, 4.69) is 9.97 Å². The monoisotopic (exact) mass is 565 g/mol. The number of aryl methyl sites for hydroxylation is 1. The van der Waals surface area contributed by atoms with Gasteiger partial charge >= 0.3 is 5.97 Å². The van der Waals surface area contributed by atoms with E-state index < -0.39 is 17.7 Å². The molecular formula is C33H31N3O6. The smallest absolute Gasteiger partial charge is 0.337 e. The molecule has 2 aromatic heterocycles. The molecule has 3 heterocycles. The zero-order valence-electron chi connectivity index (χ0n) is 24.1. The predicted molar refractivity (Wildman–Crippen MR) is 160 cm³/mol. The number of ether oxygens (including phenoxy) is 3. The number of nitrogens with zero attached hydrogens (tertiary/aromatic N) is 2. The molecule has 0 aliphatic carbocycles. The van der Waals surface area contributed by atoms with Crippen molar-refractivity contribution >= 4 is 27.6 Å². The molecule has 42 heavy (non-hydrogen) atoms. The summed E-state index contributed by atoms with van der Waals surface area (Å²) in [4.78, 5) is 37.2. The molecule has 0 spiro atoms. The molecule has 5 aromatic rings. The Hall–Kier alpha value is -4.76. The van der Waals surface area contributed by atoms with E-state index in [9.17, 15) is 14.7 Å². The highest BCUT2D eigenvalue weighted by atomic mass is 16.5. The highest BCUT2D eigenvalue weighted by Crippen LogP contribution is 2.45. The fourth-order valence-electron chi connectivity index (χ4n) is 5.74. The van der Waals surface area contributed by atoms with Crippen molar-refractivity contribution in [2.45, 2.75) is 45.8 Å². The van der Waals surface area contributed by atoms with Crippen LogP contribution < -0.4 is 15.0 Å². The number of carboxylic acids is 1. The number of aromatic amines is 1. The molecule has 6 rings (SSSR count). The van der Waals surface area contributed by atoms with Crippen LogP contribution in [0.4, 0.5) is 0 Å². The maximum Gasteiger partial charge on any atom is 0.337 e. The van der Waals surface area contributed by atoms with Gasteiger partial charge in [0.25, 0.3) is 11.6 Å². The van der Waals surface area contributed by atoms with Gasteiger partial charge in [-0.05, 0) is 85.0 Å².